The van der Waals surface area contributed by atoms with Crippen LogP contribution in [0.1, 0.15) is 26.2 Å². The van der Waals surface area contributed by atoms with Gasteiger partial charge in [-0.05, 0) is 20.5 Å². The maximum absolute atomic E-state index is 11.2. The molecule has 0 aromatic rings. The summed E-state index contributed by atoms with van der Waals surface area (Å²) in [7, 11) is 3.95. The van der Waals surface area contributed by atoms with Gasteiger partial charge in [-0.15, -0.1) is 0 Å². The molecule has 0 heterocycles. The van der Waals surface area contributed by atoms with Crippen molar-refractivity contribution < 1.29 is 4.79 Å². The van der Waals surface area contributed by atoms with E-state index < -0.39 is 0 Å². The fraction of sp³-hybridized carbons (Fsp3) is 0.700. The van der Waals surface area contributed by atoms with Crippen LogP contribution >= 0.6 is 0 Å². The van der Waals surface area contributed by atoms with Crippen molar-refractivity contribution in [2.45, 2.75) is 26.2 Å². The van der Waals surface area contributed by atoms with E-state index in [1.165, 1.54) is 0 Å². The maximum Gasteiger partial charge on any atom is 0.138 e. The van der Waals surface area contributed by atoms with Crippen LogP contribution in [-0.4, -0.2) is 31.3 Å². The normalized spacial score (nSPS) is 10.3. The van der Waals surface area contributed by atoms with Crippen LogP contribution < -0.4 is 0 Å². The zero-order valence-corrected chi connectivity index (χ0v) is 8.39. The first-order valence-corrected chi connectivity index (χ1v) is 4.39. The molecule has 0 N–H and O–H groups in total. The number of carbonyl (C=O) groups is 1. The molecule has 0 spiro atoms. The first-order valence-electron chi connectivity index (χ1n) is 4.39. The number of ketones is 1. The molecule has 0 radical (unpaired) electrons. The second-order valence-corrected chi connectivity index (χ2v) is 3.37. The van der Waals surface area contributed by atoms with Gasteiger partial charge in [0.2, 0.25) is 0 Å². The third-order valence-electron chi connectivity index (χ3n) is 1.79. The van der Waals surface area contributed by atoms with Crippen LogP contribution in [-0.2, 0) is 4.79 Å². The van der Waals surface area contributed by atoms with Crippen LogP contribution in [0.25, 0.3) is 0 Å². The highest BCUT2D eigenvalue weighted by Gasteiger charge is 2.03. The second kappa shape index (κ2) is 5.95. The van der Waals surface area contributed by atoms with Gasteiger partial charge in [0, 0.05) is 19.4 Å². The molecule has 70 valence electrons. The predicted molar refractivity (Wildman–Crippen MR) is 52.2 cm³/mol. The van der Waals surface area contributed by atoms with Crippen LogP contribution in [0.5, 0.6) is 0 Å². The summed E-state index contributed by atoms with van der Waals surface area (Å²) in [6.45, 7) is 6.68. The van der Waals surface area contributed by atoms with Gasteiger partial charge >= 0.3 is 0 Å². The molecule has 0 aromatic carbocycles. The van der Waals surface area contributed by atoms with Gasteiger partial charge in [0.15, 0.2) is 0 Å². The van der Waals surface area contributed by atoms with Gasteiger partial charge in [-0.1, -0.05) is 19.1 Å². The molecule has 0 fully saturated rings. The Labute approximate surface area is 75.3 Å². The standard InChI is InChI=1S/C10H19NO/c1-5-9(2)8-10(12)6-7-11(3)4/h2,5-8H2,1,3-4H3. The number of Topliss-reactive ketones (excluding diaryl/α,β-unsaturated/α-hetero) is 1. The molecule has 0 amide bonds. The van der Waals surface area contributed by atoms with E-state index in [-0.39, 0.29) is 0 Å². The summed E-state index contributed by atoms with van der Waals surface area (Å²) in [5.41, 5.74) is 1.04. The summed E-state index contributed by atoms with van der Waals surface area (Å²) in [6.07, 6.45) is 2.12. The number of hydrogen-bond acceptors (Lipinski definition) is 2. The van der Waals surface area contributed by atoms with Crippen molar-refractivity contribution in [3.63, 3.8) is 0 Å². The van der Waals surface area contributed by atoms with Gasteiger partial charge in [-0.3, -0.25) is 4.79 Å². The molecule has 0 rings (SSSR count). The lowest BCUT2D eigenvalue weighted by molar-refractivity contribution is -0.118. The summed E-state index contributed by atoms with van der Waals surface area (Å²) in [6, 6.07) is 0. The third kappa shape index (κ3) is 6.10. The third-order valence-corrected chi connectivity index (χ3v) is 1.79. The minimum absolute atomic E-state index is 0.301. The average Bonchev–Trinajstić information content (AvgIpc) is 2.00. The van der Waals surface area contributed by atoms with Crippen molar-refractivity contribution in [3.8, 4) is 0 Å². The Kier molecular flexibility index (Phi) is 5.64. The van der Waals surface area contributed by atoms with Crippen molar-refractivity contribution >= 4 is 5.78 Å². The quantitative estimate of drug-likeness (QED) is 0.566. The summed E-state index contributed by atoms with van der Waals surface area (Å²) in [5, 5.41) is 0. The maximum atomic E-state index is 11.2. The summed E-state index contributed by atoms with van der Waals surface area (Å²) >= 11 is 0. The first kappa shape index (κ1) is 11.4. The molecule has 0 bridgehead atoms. The Hall–Kier alpha value is -0.630. The van der Waals surface area contributed by atoms with Gasteiger partial charge in [0.05, 0.1) is 0 Å². The minimum atomic E-state index is 0.301. The van der Waals surface area contributed by atoms with Gasteiger partial charge in [0.25, 0.3) is 0 Å². The Bertz CT molecular complexity index is 161. The summed E-state index contributed by atoms with van der Waals surface area (Å²) in [5.74, 6) is 0.301. The largest absolute Gasteiger partial charge is 0.309 e. The van der Waals surface area contributed by atoms with E-state index in [0.717, 1.165) is 18.5 Å². The fourth-order valence-corrected chi connectivity index (χ4v) is 0.841. The second-order valence-electron chi connectivity index (χ2n) is 3.37. The molecule has 0 aliphatic carbocycles. The van der Waals surface area contributed by atoms with Crippen molar-refractivity contribution in [1.29, 1.82) is 0 Å². The molecule has 12 heavy (non-hydrogen) atoms. The van der Waals surface area contributed by atoms with Crippen LogP contribution in [0.15, 0.2) is 12.2 Å². The van der Waals surface area contributed by atoms with Crippen molar-refractivity contribution in [2.24, 2.45) is 0 Å². The van der Waals surface area contributed by atoms with Gasteiger partial charge in [0.1, 0.15) is 5.78 Å². The molecule has 0 saturated carbocycles. The molecule has 2 nitrogen and oxygen atoms in total. The fourth-order valence-electron chi connectivity index (χ4n) is 0.841. The zero-order valence-electron chi connectivity index (χ0n) is 8.39. The van der Waals surface area contributed by atoms with Gasteiger partial charge in [-0.25, -0.2) is 0 Å². The Morgan fingerprint density at radius 2 is 2.00 bits per heavy atom. The monoisotopic (exact) mass is 169 g/mol. The molecule has 0 unspecified atom stereocenters. The average molecular weight is 169 g/mol. The summed E-state index contributed by atoms with van der Waals surface area (Å²) < 4.78 is 0. The van der Waals surface area contributed by atoms with Crippen LogP contribution in [0, 0.1) is 0 Å². The highest BCUT2D eigenvalue weighted by atomic mass is 16.1. The molecule has 2 heteroatoms. The lowest BCUT2D eigenvalue weighted by Gasteiger charge is -2.08. The first-order chi connectivity index (χ1) is 5.56. The number of allylic oxidation sites excluding steroid dienone is 1. The van der Waals surface area contributed by atoms with Crippen LogP contribution in [0.2, 0.25) is 0 Å². The molecule has 0 saturated heterocycles. The van der Waals surface area contributed by atoms with Gasteiger partial charge in [-0.2, -0.15) is 0 Å². The van der Waals surface area contributed by atoms with Crippen LogP contribution in [0.4, 0.5) is 0 Å². The van der Waals surface area contributed by atoms with Crippen molar-refractivity contribution in [2.75, 3.05) is 20.6 Å². The number of hydrogen-bond donors (Lipinski definition) is 0. The van der Waals surface area contributed by atoms with Crippen molar-refractivity contribution in [1.82, 2.24) is 4.90 Å². The highest BCUT2D eigenvalue weighted by Crippen LogP contribution is 2.05. The lowest BCUT2D eigenvalue weighted by Crippen LogP contribution is -2.16. The molecular weight excluding hydrogens is 150 g/mol. The van der Waals surface area contributed by atoms with E-state index in [4.69, 9.17) is 0 Å². The Balaban J connectivity index is 3.53. The molecule has 0 aromatic heterocycles. The Morgan fingerprint density at radius 3 is 2.42 bits per heavy atom. The van der Waals surface area contributed by atoms with E-state index in [9.17, 15) is 4.79 Å². The molecule has 0 aliphatic rings. The number of carbonyl (C=O) groups excluding carboxylic acids is 1. The van der Waals surface area contributed by atoms with E-state index in [1.807, 2.05) is 25.9 Å². The molecular formula is C10H19NO. The Morgan fingerprint density at radius 1 is 1.42 bits per heavy atom. The van der Waals surface area contributed by atoms with Gasteiger partial charge < -0.3 is 4.90 Å². The van der Waals surface area contributed by atoms with Crippen molar-refractivity contribution in [3.05, 3.63) is 12.2 Å². The smallest absolute Gasteiger partial charge is 0.138 e. The topological polar surface area (TPSA) is 20.3 Å². The van der Waals surface area contributed by atoms with E-state index in [0.29, 0.717) is 18.6 Å². The highest BCUT2D eigenvalue weighted by molar-refractivity contribution is 5.80. The van der Waals surface area contributed by atoms with E-state index in [1.54, 1.807) is 0 Å². The van der Waals surface area contributed by atoms with Crippen LogP contribution in [0.3, 0.4) is 0 Å². The lowest BCUT2D eigenvalue weighted by atomic mass is 10.1. The minimum Gasteiger partial charge on any atom is -0.309 e. The number of nitrogens with zero attached hydrogens (tertiary/aromatic N) is 1. The zero-order chi connectivity index (χ0) is 9.56. The molecule has 0 atom stereocenters. The predicted octanol–water partition coefficient (Wildman–Crippen LogP) is 1.86. The van der Waals surface area contributed by atoms with E-state index in [2.05, 4.69) is 6.58 Å². The molecule has 0 aliphatic heterocycles. The van der Waals surface area contributed by atoms with E-state index >= 15 is 0 Å². The SMILES string of the molecule is C=C(CC)CC(=O)CCN(C)C. The summed E-state index contributed by atoms with van der Waals surface area (Å²) in [4.78, 5) is 13.2. The number of rotatable bonds is 6.